The number of ether oxygens (including phenoxy) is 3. The van der Waals surface area contributed by atoms with Gasteiger partial charge >= 0.3 is 5.97 Å². The summed E-state index contributed by atoms with van der Waals surface area (Å²) >= 11 is 6.13. The van der Waals surface area contributed by atoms with Crippen LogP contribution in [0.1, 0.15) is 25.0 Å². The molecule has 0 aliphatic heterocycles. The molecule has 0 amide bonds. The summed E-state index contributed by atoms with van der Waals surface area (Å²) in [6.45, 7) is 1.97. The maximum atomic E-state index is 11.3. The van der Waals surface area contributed by atoms with E-state index in [4.69, 9.17) is 25.8 Å². The predicted octanol–water partition coefficient (Wildman–Crippen LogP) is 2.34. The molecule has 106 valence electrons. The summed E-state index contributed by atoms with van der Waals surface area (Å²) in [5.41, 5.74) is 0.396. The van der Waals surface area contributed by atoms with Crippen molar-refractivity contribution < 1.29 is 24.1 Å². The summed E-state index contributed by atoms with van der Waals surface area (Å²) in [6.07, 6.45) is -1.21. The second-order valence-corrected chi connectivity index (χ2v) is 4.11. The molecule has 1 rings (SSSR count). The number of aliphatic hydroxyl groups excluding tert-OH is 1. The highest BCUT2D eigenvalue weighted by atomic mass is 35.5. The Bertz CT molecular complexity index is 447. The Morgan fingerprint density at radius 2 is 2.05 bits per heavy atom. The molecule has 0 aromatic heterocycles. The zero-order chi connectivity index (χ0) is 14.4. The molecule has 5 nitrogen and oxygen atoms in total. The Balaban J connectivity index is 2.97. The molecular weight excluding hydrogens is 272 g/mol. The third-order valence-corrected chi connectivity index (χ3v) is 2.93. The minimum atomic E-state index is -1.05. The number of benzene rings is 1. The number of rotatable bonds is 6. The first-order valence-electron chi connectivity index (χ1n) is 5.79. The highest BCUT2D eigenvalue weighted by Crippen LogP contribution is 2.40. The van der Waals surface area contributed by atoms with Gasteiger partial charge in [0, 0.05) is 5.56 Å². The first-order valence-corrected chi connectivity index (χ1v) is 6.17. The molecule has 0 aliphatic carbocycles. The van der Waals surface area contributed by atoms with Gasteiger partial charge in [-0.3, -0.25) is 4.79 Å². The molecule has 0 radical (unpaired) electrons. The fraction of sp³-hybridized carbons (Fsp3) is 0.462. The Labute approximate surface area is 117 Å². The molecule has 1 aromatic carbocycles. The molecule has 1 aromatic rings. The SMILES string of the molecule is CCOC(=O)CC(O)c1ccc(OC)c(OC)c1Cl. The van der Waals surface area contributed by atoms with E-state index in [0.717, 1.165) is 0 Å². The summed E-state index contributed by atoms with van der Waals surface area (Å²) in [7, 11) is 2.94. The number of carbonyl (C=O) groups is 1. The number of hydrogen-bond acceptors (Lipinski definition) is 5. The average molecular weight is 289 g/mol. The number of methoxy groups -OCH3 is 2. The molecule has 1 unspecified atom stereocenters. The van der Waals surface area contributed by atoms with E-state index in [-0.39, 0.29) is 18.1 Å². The first-order chi connectivity index (χ1) is 9.04. The molecule has 0 saturated carbocycles. The summed E-state index contributed by atoms with van der Waals surface area (Å²) in [5, 5.41) is 10.2. The Morgan fingerprint density at radius 1 is 1.37 bits per heavy atom. The predicted molar refractivity (Wildman–Crippen MR) is 70.8 cm³/mol. The lowest BCUT2D eigenvalue weighted by Gasteiger charge is -2.16. The van der Waals surface area contributed by atoms with Crippen molar-refractivity contribution in [3.8, 4) is 11.5 Å². The van der Waals surface area contributed by atoms with Crippen LogP contribution in [-0.2, 0) is 9.53 Å². The summed E-state index contributed by atoms with van der Waals surface area (Å²) in [6, 6.07) is 3.21. The van der Waals surface area contributed by atoms with Crippen LogP contribution in [0.25, 0.3) is 0 Å². The van der Waals surface area contributed by atoms with E-state index in [1.807, 2.05) is 0 Å². The van der Waals surface area contributed by atoms with Crippen LogP contribution < -0.4 is 9.47 Å². The fourth-order valence-electron chi connectivity index (χ4n) is 1.65. The van der Waals surface area contributed by atoms with E-state index >= 15 is 0 Å². The van der Waals surface area contributed by atoms with E-state index in [9.17, 15) is 9.90 Å². The second-order valence-electron chi connectivity index (χ2n) is 3.73. The van der Waals surface area contributed by atoms with E-state index < -0.39 is 12.1 Å². The monoisotopic (exact) mass is 288 g/mol. The van der Waals surface area contributed by atoms with Gasteiger partial charge in [-0.2, -0.15) is 0 Å². The largest absolute Gasteiger partial charge is 0.493 e. The van der Waals surface area contributed by atoms with Crippen LogP contribution in [0.2, 0.25) is 5.02 Å². The molecule has 1 atom stereocenters. The van der Waals surface area contributed by atoms with E-state index in [0.29, 0.717) is 17.1 Å². The van der Waals surface area contributed by atoms with Gasteiger partial charge in [0.25, 0.3) is 0 Å². The minimum Gasteiger partial charge on any atom is -0.493 e. The van der Waals surface area contributed by atoms with Crippen molar-refractivity contribution in [3.05, 3.63) is 22.7 Å². The van der Waals surface area contributed by atoms with Gasteiger partial charge < -0.3 is 19.3 Å². The fourth-order valence-corrected chi connectivity index (χ4v) is 2.01. The van der Waals surface area contributed by atoms with Gasteiger partial charge in [0.2, 0.25) is 0 Å². The lowest BCUT2D eigenvalue weighted by atomic mass is 10.1. The quantitative estimate of drug-likeness (QED) is 0.814. The Hall–Kier alpha value is -1.46. The molecule has 0 aliphatic rings. The minimum absolute atomic E-state index is 0.164. The van der Waals surface area contributed by atoms with Crippen molar-refractivity contribution in [3.63, 3.8) is 0 Å². The zero-order valence-corrected chi connectivity index (χ0v) is 11.9. The second kappa shape index (κ2) is 7.21. The van der Waals surface area contributed by atoms with Gasteiger partial charge in [-0.1, -0.05) is 17.7 Å². The van der Waals surface area contributed by atoms with E-state index in [1.54, 1.807) is 19.1 Å². The molecule has 0 bridgehead atoms. The molecule has 0 fully saturated rings. The summed E-state index contributed by atoms with van der Waals surface area (Å²) in [5.74, 6) is 0.296. The Kier molecular flexibility index (Phi) is 5.92. The zero-order valence-electron chi connectivity index (χ0n) is 11.1. The van der Waals surface area contributed by atoms with E-state index in [1.165, 1.54) is 14.2 Å². The third-order valence-electron chi connectivity index (χ3n) is 2.54. The molecule has 6 heteroatoms. The third kappa shape index (κ3) is 3.75. The lowest BCUT2D eigenvalue weighted by Crippen LogP contribution is -2.10. The standard InChI is InChI=1S/C13H17ClO5/c1-4-19-11(16)7-9(15)8-5-6-10(17-2)13(18-3)12(8)14/h5-6,9,15H,4,7H2,1-3H3. The lowest BCUT2D eigenvalue weighted by molar-refractivity contribution is -0.145. The average Bonchev–Trinajstić information content (AvgIpc) is 2.38. The molecule has 1 N–H and O–H groups in total. The van der Waals surface area contributed by atoms with Crippen LogP contribution in [0.3, 0.4) is 0 Å². The summed E-state index contributed by atoms with van der Waals surface area (Å²) in [4.78, 5) is 11.3. The normalized spacial score (nSPS) is 11.8. The smallest absolute Gasteiger partial charge is 0.308 e. The molecule has 0 heterocycles. The molecule has 19 heavy (non-hydrogen) atoms. The van der Waals surface area contributed by atoms with Gasteiger partial charge in [0.1, 0.15) is 0 Å². The van der Waals surface area contributed by atoms with Crippen molar-refractivity contribution in [1.82, 2.24) is 0 Å². The highest BCUT2D eigenvalue weighted by molar-refractivity contribution is 6.33. The summed E-state index contributed by atoms with van der Waals surface area (Å²) < 4.78 is 15.0. The maximum Gasteiger partial charge on any atom is 0.308 e. The molecule has 0 spiro atoms. The number of halogens is 1. The number of aliphatic hydroxyl groups is 1. The van der Waals surface area contributed by atoms with Crippen LogP contribution in [0.5, 0.6) is 11.5 Å². The van der Waals surface area contributed by atoms with Crippen LogP contribution in [0.15, 0.2) is 12.1 Å². The van der Waals surface area contributed by atoms with Gasteiger partial charge in [0.15, 0.2) is 11.5 Å². The van der Waals surface area contributed by atoms with Gasteiger partial charge in [-0.15, -0.1) is 0 Å². The first kappa shape index (κ1) is 15.6. The van der Waals surface area contributed by atoms with Crippen LogP contribution >= 0.6 is 11.6 Å². The van der Waals surface area contributed by atoms with Crippen LogP contribution in [0.4, 0.5) is 0 Å². The highest BCUT2D eigenvalue weighted by Gasteiger charge is 2.21. The maximum absolute atomic E-state index is 11.3. The van der Waals surface area contributed by atoms with Crippen molar-refractivity contribution in [2.75, 3.05) is 20.8 Å². The van der Waals surface area contributed by atoms with Crippen LogP contribution in [0, 0.1) is 0 Å². The topological polar surface area (TPSA) is 65.0 Å². The molecular formula is C13H17ClO5. The molecule has 0 saturated heterocycles. The number of hydrogen-bond donors (Lipinski definition) is 1. The number of carbonyl (C=O) groups excluding carboxylic acids is 1. The number of esters is 1. The van der Waals surface area contributed by atoms with Gasteiger partial charge in [0.05, 0.1) is 38.4 Å². The van der Waals surface area contributed by atoms with Crippen LogP contribution in [-0.4, -0.2) is 31.9 Å². The van der Waals surface area contributed by atoms with E-state index in [2.05, 4.69) is 0 Å². The Morgan fingerprint density at radius 3 is 2.58 bits per heavy atom. The van der Waals surface area contributed by atoms with Crippen molar-refractivity contribution >= 4 is 17.6 Å². The van der Waals surface area contributed by atoms with Crippen molar-refractivity contribution in [2.24, 2.45) is 0 Å². The van der Waals surface area contributed by atoms with Crippen molar-refractivity contribution in [1.29, 1.82) is 0 Å². The van der Waals surface area contributed by atoms with Gasteiger partial charge in [-0.25, -0.2) is 0 Å². The van der Waals surface area contributed by atoms with Crippen molar-refractivity contribution in [2.45, 2.75) is 19.4 Å². The van der Waals surface area contributed by atoms with Gasteiger partial charge in [-0.05, 0) is 13.0 Å².